The number of carbonyl (C=O) groups excluding carboxylic acids is 1. The molecule has 7 heteroatoms. The quantitative estimate of drug-likeness (QED) is 0.504. The fraction of sp³-hybridized carbons (Fsp3) is 0.240. The molecule has 32 heavy (non-hydrogen) atoms. The Balaban J connectivity index is 1.78. The van der Waals surface area contributed by atoms with Crippen LogP contribution in [0.4, 0.5) is 5.69 Å². The Kier molecular flexibility index (Phi) is 7.20. The van der Waals surface area contributed by atoms with E-state index < -0.39 is 10.0 Å². The van der Waals surface area contributed by atoms with Gasteiger partial charge in [-0.2, -0.15) is 0 Å². The van der Waals surface area contributed by atoms with Crippen LogP contribution in [0, 0.1) is 13.8 Å². The molecular weight excluding hydrogens is 424 g/mol. The summed E-state index contributed by atoms with van der Waals surface area (Å²) in [5.41, 5.74) is 3.17. The van der Waals surface area contributed by atoms with Crippen LogP contribution in [0.5, 0.6) is 5.75 Å². The molecule has 6 nitrogen and oxygen atoms in total. The molecular formula is C25H28N2O4S. The zero-order valence-electron chi connectivity index (χ0n) is 18.7. The molecule has 0 radical (unpaired) electrons. The van der Waals surface area contributed by atoms with E-state index in [1.807, 2.05) is 51.1 Å². The number of benzene rings is 3. The monoisotopic (exact) mass is 452 g/mol. The van der Waals surface area contributed by atoms with Crippen LogP contribution in [0.1, 0.15) is 46.9 Å². The summed E-state index contributed by atoms with van der Waals surface area (Å²) in [7, 11) is -3.85. The zero-order chi connectivity index (χ0) is 23.3. The molecule has 0 spiro atoms. The van der Waals surface area contributed by atoms with Crippen molar-refractivity contribution >= 4 is 21.6 Å². The second-order valence-corrected chi connectivity index (χ2v) is 9.30. The molecule has 0 aliphatic heterocycles. The number of rotatable bonds is 8. The van der Waals surface area contributed by atoms with E-state index in [2.05, 4.69) is 10.0 Å². The first kappa shape index (κ1) is 23.3. The molecule has 0 bridgehead atoms. The number of anilines is 1. The molecule has 0 heterocycles. The Bertz CT molecular complexity index is 1200. The molecule has 0 aromatic heterocycles. The van der Waals surface area contributed by atoms with E-state index in [0.717, 1.165) is 16.9 Å². The Morgan fingerprint density at radius 1 is 1.00 bits per heavy atom. The third-order valence-corrected chi connectivity index (χ3v) is 6.57. The van der Waals surface area contributed by atoms with Crippen LogP contribution >= 0.6 is 0 Å². The van der Waals surface area contributed by atoms with Gasteiger partial charge in [-0.15, -0.1) is 0 Å². The van der Waals surface area contributed by atoms with Gasteiger partial charge >= 0.3 is 0 Å². The summed E-state index contributed by atoms with van der Waals surface area (Å²) in [6.45, 7) is 7.97. The van der Waals surface area contributed by atoms with Crippen molar-refractivity contribution in [1.29, 1.82) is 0 Å². The van der Waals surface area contributed by atoms with Crippen LogP contribution in [-0.4, -0.2) is 20.9 Å². The highest BCUT2D eigenvalue weighted by Gasteiger charge is 2.20. The van der Waals surface area contributed by atoms with Crippen molar-refractivity contribution < 1.29 is 17.9 Å². The number of ether oxygens (including phenoxy) is 1. The van der Waals surface area contributed by atoms with Crippen molar-refractivity contribution in [3.63, 3.8) is 0 Å². The van der Waals surface area contributed by atoms with Crippen molar-refractivity contribution in [2.45, 2.75) is 38.6 Å². The Morgan fingerprint density at radius 2 is 1.72 bits per heavy atom. The normalized spacial score (nSPS) is 12.1. The third-order valence-electron chi connectivity index (χ3n) is 5.05. The summed E-state index contributed by atoms with van der Waals surface area (Å²) < 4.78 is 34.0. The Morgan fingerprint density at radius 3 is 2.38 bits per heavy atom. The standard InChI is InChI=1S/C25H28N2O4S/c1-5-31-23-13-11-20(12-14-23)19(4)26-25(28)21-10-9-18(3)24(16-21)32(29,30)27-22-8-6-7-17(2)15-22/h6-16,19,27H,5H2,1-4H3,(H,26,28). The number of amides is 1. The maximum absolute atomic E-state index is 13.0. The van der Waals surface area contributed by atoms with Crippen LogP contribution < -0.4 is 14.8 Å². The highest BCUT2D eigenvalue weighted by atomic mass is 32.2. The fourth-order valence-corrected chi connectivity index (χ4v) is 4.65. The van der Waals surface area contributed by atoms with Gasteiger partial charge in [0.1, 0.15) is 5.75 Å². The van der Waals surface area contributed by atoms with Gasteiger partial charge in [-0.25, -0.2) is 8.42 Å². The summed E-state index contributed by atoms with van der Waals surface area (Å²) in [5.74, 6) is 0.419. The first-order valence-electron chi connectivity index (χ1n) is 10.4. The predicted molar refractivity (Wildman–Crippen MR) is 127 cm³/mol. The molecule has 3 rings (SSSR count). The molecule has 0 saturated heterocycles. The predicted octanol–water partition coefficient (Wildman–Crippen LogP) is 4.99. The number of aryl methyl sites for hydroxylation is 2. The second kappa shape index (κ2) is 9.87. The summed E-state index contributed by atoms with van der Waals surface area (Å²) >= 11 is 0. The maximum atomic E-state index is 13.0. The van der Waals surface area contributed by atoms with Gasteiger partial charge in [-0.1, -0.05) is 30.3 Å². The van der Waals surface area contributed by atoms with Gasteiger partial charge in [-0.3, -0.25) is 9.52 Å². The zero-order valence-corrected chi connectivity index (χ0v) is 19.5. The summed E-state index contributed by atoms with van der Waals surface area (Å²) in [6, 6.07) is 19.0. The average molecular weight is 453 g/mol. The molecule has 2 N–H and O–H groups in total. The smallest absolute Gasteiger partial charge is 0.262 e. The third kappa shape index (κ3) is 5.68. The van der Waals surface area contributed by atoms with E-state index in [9.17, 15) is 13.2 Å². The molecule has 1 unspecified atom stereocenters. The van der Waals surface area contributed by atoms with Gasteiger partial charge in [0.05, 0.1) is 17.5 Å². The number of hydrogen-bond donors (Lipinski definition) is 2. The lowest BCUT2D eigenvalue weighted by Gasteiger charge is -2.16. The van der Waals surface area contributed by atoms with Gasteiger partial charge < -0.3 is 10.1 Å². The second-order valence-electron chi connectivity index (χ2n) is 7.65. The molecule has 168 valence electrons. The van der Waals surface area contributed by atoms with Crippen LogP contribution in [0.15, 0.2) is 71.6 Å². The minimum Gasteiger partial charge on any atom is -0.494 e. The van der Waals surface area contributed by atoms with Crippen LogP contribution in [0.25, 0.3) is 0 Å². The fourth-order valence-electron chi connectivity index (χ4n) is 3.33. The minimum atomic E-state index is -3.85. The molecule has 0 fully saturated rings. The number of sulfonamides is 1. The minimum absolute atomic E-state index is 0.0698. The molecule has 0 aliphatic carbocycles. The first-order valence-corrected chi connectivity index (χ1v) is 11.9. The molecule has 0 aliphatic rings. The molecule has 1 atom stereocenters. The Hall–Kier alpha value is -3.32. The summed E-state index contributed by atoms with van der Waals surface area (Å²) in [4.78, 5) is 12.9. The van der Waals surface area contributed by atoms with E-state index in [1.165, 1.54) is 6.07 Å². The Labute approximate surface area is 189 Å². The first-order chi connectivity index (χ1) is 15.2. The van der Waals surface area contributed by atoms with E-state index in [4.69, 9.17) is 4.74 Å². The van der Waals surface area contributed by atoms with Crippen LogP contribution in [0.2, 0.25) is 0 Å². The van der Waals surface area contributed by atoms with Gasteiger partial charge in [-0.05, 0) is 80.8 Å². The van der Waals surface area contributed by atoms with Gasteiger partial charge in [0.2, 0.25) is 0 Å². The van der Waals surface area contributed by atoms with E-state index in [1.54, 1.807) is 37.3 Å². The van der Waals surface area contributed by atoms with Crippen LogP contribution in [-0.2, 0) is 10.0 Å². The molecule has 3 aromatic carbocycles. The topological polar surface area (TPSA) is 84.5 Å². The van der Waals surface area contributed by atoms with E-state index >= 15 is 0 Å². The lowest BCUT2D eigenvalue weighted by molar-refractivity contribution is 0.0939. The van der Waals surface area contributed by atoms with E-state index in [-0.39, 0.29) is 22.4 Å². The van der Waals surface area contributed by atoms with E-state index in [0.29, 0.717) is 17.9 Å². The molecule has 3 aromatic rings. The number of nitrogens with one attached hydrogen (secondary N) is 2. The summed E-state index contributed by atoms with van der Waals surface area (Å²) in [6.07, 6.45) is 0. The van der Waals surface area contributed by atoms with Gasteiger partial charge in [0, 0.05) is 11.3 Å². The summed E-state index contributed by atoms with van der Waals surface area (Å²) in [5, 5.41) is 2.92. The lowest BCUT2D eigenvalue weighted by Crippen LogP contribution is -2.27. The van der Waals surface area contributed by atoms with Crippen molar-refractivity contribution in [1.82, 2.24) is 5.32 Å². The highest BCUT2D eigenvalue weighted by molar-refractivity contribution is 7.92. The SMILES string of the molecule is CCOc1ccc(C(C)NC(=O)c2ccc(C)c(S(=O)(=O)Nc3cccc(C)c3)c2)cc1. The van der Waals surface area contributed by atoms with Gasteiger partial charge in [0.15, 0.2) is 0 Å². The largest absolute Gasteiger partial charge is 0.494 e. The lowest BCUT2D eigenvalue weighted by atomic mass is 10.1. The van der Waals surface area contributed by atoms with Crippen molar-refractivity contribution in [3.8, 4) is 5.75 Å². The molecule has 0 saturated carbocycles. The van der Waals surface area contributed by atoms with Crippen molar-refractivity contribution in [2.24, 2.45) is 0 Å². The van der Waals surface area contributed by atoms with Crippen molar-refractivity contribution in [2.75, 3.05) is 11.3 Å². The van der Waals surface area contributed by atoms with Crippen molar-refractivity contribution in [3.05, 3.63) is 89.0 Å². The number of hydrogen-bond acceptors (Lipinski definition) is 4. The maximum Gasteiger partial charge on any atom is 0.262 e. The molecule has 1 amide bonds. The average Bonchev–Trinajstić information content (AvgIpc) is 2.74. The van der Waals surface area contributed by atoms with Crippen LogP contribution in [0.3, 0.4) is 0 Å². The highest BCUT2D eigenvalue weighted by Crippen LogP contribution is 2.23. The van der Waals surface area contributed by atoms with Gasteiger partial charge in [0.25, 0.3) is 15.9 Å². The number of carbonyl (C=O) groups is 1.